The van der Waals surface area contributed by atoms with Crippen molar-refractivity contribution < 1.29 is 22.3 Å². The van der Waals surface area contributed by atoms with Crippen molar-refractivity contribution >= 4 is 0 Å². The molecule has 114 valence electrons. The molecule has 0 fully saturated rings. The first kappa shape index (κ1) is 16.9. The van der Waals surface area contributed by atoms with E-state index in [0.717, 1.165) is 12.1 Å². The second-order valence-electron chi connectivity index (χ2n) is 4.51. The molecule has 1 aromatic carbocycles. The molecule has 0 saturated heterocycles. The minimum Gasteiger partial charge on any atom is -0.372 e. The Bertz CT molecular complexity index is 378. The number of benzene rings is 1. The Kier molecular flexibility index (Phi) is 6.95. The zero-order valence-electron chi connectivity index (χ0n) is 11.3. The molecule has 2 nitrogen and oxygen atoms in total. The number of rotatable bonds is 8. The maximum atomic E-state index is 12.9. The van der Waals surface area contributed by atoms with E-state index in [-0.39, 0.29) is 18.3 Å². The van der Waals surface area contributed by atoms with Gasteiger partial charge in [0.25, 0.3) is 0 Å². The first-order valence-corrected chi connectivity index (χ1v) is 6.53. The summed E-state index contributed by atoms with van der Waals surface area (Å²) in [4.78, 5) is 0. The lowest BCUT2D eigenvalue weighted by molar-refractivity contribution is -0.174. The molecule has 1 unspecified atom stereocenters. The van der Waals surface area contributed by atoms with Crippen molar-refractivity contribution in [3.8, 4) is 0 Å². The Morgan fingerprint density at radius 2 is 1.85 bits per heavy atom. The van der Waals surface area contributed by atoms with Crippen LogP contribution in [0.5, 0.6) is 0 Å². The van der Waals surface area contributed by atoms with E-state index in [1.807, 2.05) is 6.92 Å². The molecule has 1 atom stereocenters. The Labute approximate surface area is 116 Å². The summed E-state index contributed by atoms with van der Waals surface area (Å²) in [5.41, 5.74) is 0.892. The first-order chi connectivity index (χ1) is 9.42. The molecule has 0 aromatic heterocycles. The number of ether oxygens (including phenoxy) is 1. The van der Waals surface area contributed by atoms with Crippen molar-refractivity contribution in [2.45, 2.75) is 25.4 Å². The maximum Gasteiger partial charge on any atom is 0.411 e. The van der Waals surface area contributed by atoms with Crippen molar-refractivity contribution in [1.82, 2.24) is 5.32 Å². The third-order valence-electron chi connectivity index (χ3n) is 2.86. The van der Waals surface area contributed by atoms with Crippen molar-refractivity contribution in [2.75, 3.05) is 26.3 Å². The molecule has 0 spiro atoms. The topological polar surface area (TPSA) is 21.3 Å². The Morgan fingerprint density at radius 1 is 1.20 bits per heavy atom. The summed E-state index contributed by atoms with van der Waals surface area (Å²) in [5.74, 6) is -0.326. The summed E-state index contributed by atoms with van der Waals surface area (Å²) in [6, 6.07) is 6.01. The molecule has 0 heterocycles. The molecule has 0 aliphatic carbocycles. The molecule has 0 saturated carbocycles. The van der Waals surface area contributed by atoms with Crippen LogP contribution in [0, 0.1) is 5.82 Å². The third kappa shape index (κ3) is 6.86. The summed E-state index contributed by atoms with van der Waals surface area (Å²) in [6.45, 7) is 2.12. The second kappa shape index (κ2) is 8.21. The summed E-state index contributed by atoms with van der Waals surface area (Å²) in [5, 5.41) is 3.15. The fourth-order valence-electron chi connectivity index (χ4n) is 1.85. The number of likely N-dealkylation sites (N-methyl/N-ethyl adjacent to an activating group) is 1. The number of nitrogens with one attached hydrogen (secondary N) is 1. The van der Waals surface area contributed by atoms with Crippen molar-refractivity contribution in [1.29, 1.82) is 0 Å². The van der Waals surface area contributed by atoms with Gasteiger partial charge in [-0.1, -0.05) is 19.1 Å². The summed E-state index contributed by atoms with van der Waals surface area (Å²) >= 11 is 0. The van der Waals surface area contributed by atoms with E-state index in [2.05, 4.69) is 10.1 Å². The molecule has 1 aromatic rings. The van der Waals surface area contributed by atoms with Crippen LogP contribution in [0.4, 0.5) is 17.6 Å². The molecule has 6 heteroatoms. The molecular weight excluding hydrogens is 274 g/mol. The average Bonchev–Trinajstić information content (AvgIpc) is 2.38. The van der Waals surface area contributed by atoms with Crippen LogP contribution in [0.25, 0.3) is 0 Å². The maximum absolute atomic E-state index is 12.9. The first-order valence-electron chi connectivity index (χ1n) is 6.53. The van der Waals surface area contributed by atoms with Gasteiger partial charge in [-0.3, -0.25) is 0 Å². The quantitative estimate of drug-likeness (QED) is 0.585. The minimum atomic E-state index is -4.30. The van der Waals surface area contributed by atoms with Crippen LogP contribution in [-0.2, 0) is 4.74 Å². The molecule has 1 N–H and O–H groups in total. The van der Waals surface area contributed by atoms with E-state index in [0.29, 0.717) is 13.0 Å². The van der Waals surface area contributed by atoms with Crippen LogP contribution < -0.4 is 5.32 Å². The largest absolute Gasteiger partial charge is 0.411 e. The molecular formula is C14H19F4NO. The average molecular weight is 293 g/mol. The normalized spacial score (nSPS) is 13.4. The van der Waals surface area contributed by atoms with Gasteiger partial charge < -0.3 is 10.1 Å². The number of alkyl halides is 3. The summed E-state index contributed by atoms with van der Waals surface area (Å²) < 4.78 is 53.4. The Morgan fingerprint density at radius 3 is 2.40 bits per heavy atom. The zero-order valence-corrected chi connectivity index (χ0v) is 11.3. The minimum absolute atomic E-state index is 0.00350. The van der Waals surface area contributed by atoms with E-state index in [1.165, 1.54) is 12.1 Å². The summed E-state index contributed by atoms with van der Waals surface area (Å²) in [7, 11) is 0. The lowest BCUT2D eigenvalue weighted by Gasteiger charge is -2.18. The fourth-order valence-corrected chi connectivity index (χ4v) is 1.85. The molecule has 20 heavy (non-hydrogen) atoms. The van der Waals surface area contributed by atoms with Crippen molar-refractivity contribution in [3.05, 3.63) is 35.6 Å². The molecule has 0 aliphatic heterocycles. The number of hydrogen-bond donors (Lipinski definition) is 1. The van der Waals surface area contributed by atoms with Gasteiger partial charge in [0.05, 0.1) is 0 Å². The van der Waals surface area contributed by atoms with Gasteiger partial charge >= 0.3 is 6.18 Å². The Balaban J connectivity index is 2.49. The zero-order chi connectivity index (χ0) is 15.0. The van der Waals surface area contributed by atoms with E-state index in [9.17, 15) is 17.6 Å². The van der Waals surface area contributed by atoms with Gasteiger partial charge in [-0.2, -0.15) is 13.2 Å². The lowest BCUT2D eigenvalue weighted by atomic mass is 9.96. The van der Waals surface area contributed by atoms with Gasteiger partial charge in [-0.05, 0) is 36.6 Å². The predicted molar refractivity (Wildman–Crippen MR) is 69.2 cm³/mol. The van der Waals surface area contributed by atoms with Crippen molar-refractivity contribution in [2.24, 2.45) is 0 Å². The van der Waals surface area contributed by atoms with Crippen LogP contribution in [0.1, 0.15) is 24.8 Å². The van der Waals surface area contributed by atoms with E-state index in [1.54, 1.807) is 12.1 Å². The highest BCUT2D eigenvalue weighted by atomic mass is 19.4. The van der Waals surface area contributed by atoms with Crippen LogP contribution in [0.15, 0.2) is 24.3 Å². The molecule has 0 bridgehead atoms. The van der Waals surface area contributed by atoms with Crippen LogP contribution in [0.3, 0.4) is 0 Å². The van der Waals surface area contributed by atoms with Gasteiger partial charge in [0.15, 0.2) is 0 Å². The smallest absolute Gasteiger partial charge is 0.372 e. The molecule has 1 rings (SSSR count). The van der Waals surface area contributed by atoms with Gasteiger partial charge in [0, 0.05) is 13.2 Å². The highest BCUT2D eigenvalue weighted by molar-refractivity contribution is 5.20. The number of halogens is 4. The van der Waals surface area contributed by atoms with E-state index in [4.69, 9.17) is 0 Å². The molecule has 0 radical (unpaired) electrons. The second-order valence-corrected chi connectivity index (χ2v) is 4.51. The van der Waals surface area contributed by atoms with E-state index < -0.39 is 12.8 Å². The van der Waals surface area contributed by atoms with Gasteiger partial charge in [-0.25, -0.2) is 4.39 Å². The predicted octanol–water partition coefficient (Wildman–Crippen LogP) is 3.49. The van der Waals surface area contributed by atoms with Gasteiger partial charge in [-0.15, -0.1) is 0 Å². The third-order valence-corrected chi connectivity index (χ3v) is 2.86. The lowest BCUT2D eigenvalue weighted by Crippen LogP contribution is -2.23. The van der Waals surface area contributed by atoms with E-state index >= 15 is 0 Å². The highest BCUT2D eigenvalue weighted by Gasteiger charge is 2.27. The Hall–Kier alpha value is -1.14. The van der Waals surface area contributed by atoms with Crippen LogP contribution >= 0.6 is 0 Å². The van der Waals surface area contributed by atoms with Crippen LogP contribution in [-0.4, -0.2) is 32.5 Å². The highest BCUT2D eigenvalue weighted by Crippen LogP contribution is 2.20. The van der Waals surface area contributed by atoms with Gasteiger partial charge in [0.1, 0.15) is 12.4 Å². The van der Waals surface area contributed by atoms with Gasteiger partial charge in [0.2, 0.25) is 0 Å². The standard InChI is InChI=1S/C14H19F4NO/c1-2-19-9-12(7-8-20-10-14(16,17)18)11-3-5-13(15)6-4-11/h3-6,12,19H,2,7-10H2,1H3. The number of hydrogen-bond acceptors (Lipinski definition) is 2. The van der Waals surface area contributed by atoms with Crippen molar-refractivity contribution in [3.63, 3.8) is 0 Å². The molecule has 0 aliphatic rings. The summed E-state index contributed by atoms with van der Waals surface area (Å²) in [6.07, 6.45) is -3.85. The fraction of sp³-hybridized carbons (Fsp3) is 0.571. The van der Waals surface area contributed by atoms with Crippen LogP contribution in [0.2, 0.25) is 0 Å². The molecule has 0 amide bonds. The monoisotopic (exact) mass is 293 g/mol. The SMILES string of the molecule is CCNCC(CCOCC(F)(F)F)c1ccc(F)cc1.